The second-order valence-corrected chi connectivity index (χ2v) is 14.0. The molecule has 2 aliphatic heterocycles. The molecule has 2 aliphatic rings. The fourth-order valence-electron chi connectivity index (χ4n) is 5.77. The van der Waals surface area contributed by atoms with Gasteiger partial charge in [0, 0.05) is 17.5 Å². The molecule has 4 heterocycles. The number of pyridine rings is 1. The number of aryl methyl sites for hydroxylation is 1. The highest BCUT2D eigenvalue weighted by atomic mass is 32.2. The van der Waals surface area contributed by atoms with E-state index < -0.39 is 27.3 Å². The molecule has 0 radical (unpaired) electrons. The van der Waals surface area contributed by atoms with Crippen LogP contribution in [0.3, 0.4) is 0 Å². The summed E-state index contributed by atoms with van der Waals surface area (Å²) in [6.07, 6.45) is 3.37. The highest BCUT2D eigenvalue weighted by Crippen LogP contribution is 2.33. The van der Waals surface area contributed by atoms with Crippen LogP contribution in [0.15, 0.2) is 76.8 Å². The molecule has 4 aromatic rings. The first-order valence-electron chi connectivity index (χ1n) is 15.4. The van der Waals surface area contributed by atoms with Gasteiger partial charge < -0.3 is 23.7 Å². The Morgan fingerprint density at radius 1 is 1.02 bits per heavy atom. The van der Waals surface area contributed by atoms with Gasteiger partial charge in [0.2, 0.25) is 21.8 Å². The van der Waals surface area contributed by atoms with Crippen molar-refractivity contribution >= 4 is 9.84 Å². The lowest BCUT2D eigenvalue weighted by Crippen LogP contribution is -2.32. The number of likely N-dealkylation sites (tertiary alicyclic amines) is 1. The number of rotatable bonds is 11. The number of halogens is 1. The zero-order chi connectivity index (χ0) is 32.3. The van der Waals surface area contributed by atoms with Crippen LogP contribution < -0.4 is 15.0 Å². The number of nitrogens with zero attached hydrogens (tertiary/aromatic N) is 4. The summed E-state index contributed by atoms with van der Waals surface area (Å²) in [5, 5.41) is -0.349. The number of sulfone groups is 1. The lowest BCUT2D eigenvalue weighted by atomic mass is 9.98. The Hall–Kier alpha value is -4.13. The molecule has 1 saturated heterocycles. The molecule has 2 aromatic carbocycles. The normalized spacial score (nSPS) is 16.1. The average Bonchev–Trinajstić information content (AvgIpc) is 3.52. The van der Waals surface area contributed by atoms with E-state index in [0.29, 0.717) is 35.3 Å². The summed E-state index contributed by atoms with van der Waals surface area (Å²) in [6.45, 7) is 4.43. The van der Waals surface area contributed by atoms with Gasteiger partial charge in [-0.15, -0.1) is 0 Å². The lowest BCUT2D eigenvalue weighted by molar-refractivity contribution is 0.0120. The summed E-state index contributed by atoms with van der Waals surface area (Å²) >= 11 is 0. The minimum absolute atomic E-state index is 0.0634. The Bertz CT molecular complexity index is 1860. The van der Waals surface area contributed by atoms with Crippen molar-refractivity contribution in [3.63, 3.8) is 0 Å². The van der Waals surface area contributed by atoms with Crippen molar-refractivity contribution in [2.75, 3.05) is 39.3 Å². The van der Waals surface area contributed by atoms with Crippen LogP contribution in [0, 0.1) is 18.7 Å². The van der Waals surface area contributed by atoms with Crippen LogP contribution in [0.25, 0.3) is 11.3 Å². The van der Waals surface area contributed by atoms with Crippen molar-refractivity contribution in [2.45, 2.75) is 44.0 Å². The van der Waals surface area contributed by atoms with Gasteiger partial charge in [-0.05, 0) is 87.6 Å². The molecule has 12 heteroatoms. The summed E-state index contributed by atoms with van der Waals surface area (Å²) in [5.74, 6) is 0.355. The SMILES string of the molecule is Cc1cc(-c2cc(F)c(=O)n(Cc3ccc4c(c3)OCO4)c2)nc(S(=O)(=O)CCC(OCC2CCN(C)CC2)c2ccccc2)n1. The Labute approximate surface area is 267 Å². The van der Waals surface area contributed by atoms with Crippen molar-refractivity contribution in [3.8, 4) is 22.8 Å². The van der Waals surface area contributed by atoms with Crippen molar-refractivity contribution in [3.05, 3.63) is 99.9 Å². The molecule has 0 spiro atoms. The van der Waals surface area contributed by atoms with E-state index in [-0.39, 0.29) is 41.9 Å². The van der Waals surface area contributed by atoms with E-state index in [1.807, 2.05) is 30.3 Å². The quantitative estimate of drug-likeness (QED) is 0.212. The second-order valence-electron chi connectivity index (χ2n) is 12.0. The molecule has 1 fully saturated rings. The van der Waals surface area contributed by atoms with Gasteiger partial charge in [-0.2, -0.15) is 0 Å². The summed E-state index contributed by atoms with van der Waals surface area (Å²) in [6, 6.07) is 17.5. The second kappa shape index (κ2) is 13.7. The predicted octanol–water partition coefficient (Wildman–Crippen LogP) is 4.79. The van der Waals surface area contributed by atoms with Crippen LogP contribution >= 0.6 is 0 Å². The first kappa shape index (κ1) is 31.8. The first-order chi connectivity index (χ1) is 22.1. The van der Waals surface area contributed by atoms with Crippen LogP contribution in [-0.2, 0) is 21.1 Å². The molecule has 1 atom stereocenters. The van der Waals surface area contributed by atoms with E-state index in [9.17, 15) is 17.6 Å². The minimum atomic E-state index is -3.95. The number of hydrogen-bond donors (Lipinski definition) is 0. The summed E-state index contributed by atoms with van der Waals surface area (Å²) in [7, 11) is -1.83. The molecule has 0 aliphatic carbocycles. The fourth-order valence-corrected chi connectivity index (χ4v) is 7.00. The number of ether oxygens (including phenoxy) is 3. The molecular weight excluding hydrogens is 611 g/mol. The molecule has 2 aromatic heterocycles. The molecule has 0 amide bonds. The molecule has 0 N–H and O–H groups in total. The summed E-state index contributed by atoms with van der Waals surface area (Å²) in [4.78, 5) is 23.6. The molecule has 46 heavy (non-hydrogen) atoms. The van der Waals surface area contributed by atoms with Gasteiger partial charge in [-0.25, -0.2) is 22.8 Å². The van der Waals surface area contributed by atoms with Crippen molar-refractivity contribution in [2.24, 2.45) is 5.92 Å². The Balaban J connectivity index is 1.21. The van der Waals surface area contributed by atoms with Gasteiger partial charge in [0.25, 0.3) is 5.56 Å². The molecule has 6 rings (SSSR count). The van der Waals surface area contributed by atoms with Crippen LogP contribution in [0.2, 0.25) is 0 Å². The Morgan fingerprint density at radius 3 is 2.57 bits per heavy atom. The predicted molar refractivity (Wildman–Crippen MR) is 170 cm³/mol. The van der Waals surface area contributed by atoms with Crippen molar-refractivity contribution < 1.29 is 27.0 Å². The highest BCUT2D eigenvalue weighted by molar-refractivity contribution is 7.91. The maximum Gasteiger partial charge on any atom is 0.286 e. The van der Waals surface area contributed by atoms with E-state index >= 15 is 0 Å². The third-order valence-corrected chi connectivity index (χ3v) is 9.94. The average molecular weight is 649 g/mol. The summed E-state index contributed by atoms with van der Waals surface area (Å²) < 4.78 is 60.5. The smallest absolute Gasteiger partial charge is 0.286 e. The van der Waals surface area contributed by atoms with E-state index in [0.717, 1.165) is 37.6 Å². The molecular formula is C34H37FN4O6S. The van der Waals surface area contributed by atoms with E-state index in [1.54, 1.807) is 31.2 Å². The zero-order valence-electron chi connectivity index (χ0n) is 25.9. The number of aromatic nitrogens is 3. The first-order valence-corrected chi connectivity index (χ1v) is 17.0. The fraction of sp³-hybridized carbons (Fsp3) is 0.382. The number of hydrogen-bond acceptors (Lipinski definition) is 9. The maximum absolute atomic E-state index is 14.9. The molecule has 10 nitrogen and oxygen atoms in total. The van der Waals surface area contributed by atoms with Gasteiger partial charge >= 0.3 is 0 Å². The lowest BCUT2D eigenvalue weighted by Gasteiger charge is -2.30. The zero-order valence-corrected chi connectivity index (χ0v) is 26.7. The number of piperidine rings is 1. The van der Waals surface area contributed by atoms with Crippen molar-refractivity contribution in [1.82, 2.24) is 19.4 Å². The van der Waals surface area contributed by atoms with Crippen LogP contribution in [0.5, 0.6) is 11.5 Å². The van der Waals surface area contributed by atoms with Gasteiger partial charge in [0.1, 0.15) is 0 Å². The van der Waals surface area contributed by atoms with Gasteiger partial charge in [-0.3, -0.25) is 4.79 Å². The minimum Gasteiger partial charge on any atom is -0.454 e. The molecule has 1 unspecified atom stereocenters. The van der Waals surface area contributed by atoms with Gasteiger partial charge in [-0.1, -0.05) is 36.4 Å². The van der Waals surface area contributed by atoms with Crippen LogP contribution in [0.1, 0.15) is 42.2 Å². The molecule has 0 bridgehead atoms. The number of fused-ring (bicyclic) bond motifs is 1. The molecule has 242 valence electrons. The van der Waals surface area contributed by atoms with Gasteiger partial charge in [0.15, 0.2) is 17.3 Å². The van der Waals surface area contributed by atoms with Crippen LogP contribution in [0.4, 0.5) is 4.39 Å². The monoisotopic (exact) mass is 648 g/mol. The third kappa shape index (κ3) is 7.46. The largest absolute Gasteiger partial charge is 0.454 e. The molecule has 0 saturated carbocycles. The van der Waals surface area contributed by atoms with Crippen molar-refractivity contribution in [1.29, 1.82) is 0 Å². The number of benzene rings is 2. The maximum atomic E-state index is 14.9. The standard InChI is InChI=1S/C34H37FN4O6S/c1-23-16-29(27-18-28(35)33(40)39(20-27)19-25-8-9-31-32(17-25)45-22-44-31)37-34(36-23)46(41,42)15-12-30(26-6-4-3-5-7-26)43-21-24-10-13-38(2)14-11-24/h3-9,16-18,20,24,30H,10-15,19,21-22H2,1-2H3. The summed E-state index contributed by atoms with van der Waals surface area (Å²) in [5.41, 5.74) is 1.65. The van der Waals surface area contributed by atoms with E-state index in [1.165, 1.54) is 10.8 Å². The Morgan fingerprint density at radius 2 is 1.78 bits per heavy atom. The van der Waals surface area contributed by atoms with Gasteiger partial charge in [0.05, 0.1) is 30.7 Å². The van der Waals surface area contributed by atoms with E-state index in [2.05, 4.69) is 21.9 Å². The third-order valence-electron chi connectivity index (χ3n) is 8.43. The Kier molecular flexibility index (Phi) is 9.48. The van der Waals surface area contributed by atoms with E-state index in [4.69, 9.17) is 14.2 Å². The highest BCUT2D eigenvalue weighted by Gasteiger charge is 2.25. The topological polar surface area (TPSA) is 113 Å². The van der Waals surface area contributed by atoms with Crippen LogP contribution in [-0.4, -0.2) is 67.1 Å².